The molecular formula is C22H19F3N2O5. The van der Waals surface area contributed by atoms with Gasteiger partial charge < -0.3 is 14.5 Å². The van der Waals surface area contributed by atoms with Gasteiger partial charge in [0.05, 0.1) is 10.5 Å². The van der Waals surface area contributed by atoms with E-state index in [4.69, 9.17) is 9.15 Å². The number of nitro benzene ring substituents is 1. The first-order valence-corrected chi connectivity index (χ1v) is 10.0. The number of rotatable bonds is 5. The van der Waals surface area contributed by atoms with Crippen LogP contribution in [-0.2, 0) is 23.8 Å². The van der Waals surface area contributed by atoms with Crippen LogP contribution in [0.4, 0.5) is 24.5 Å². The van der Waals surface area contributed by atoms with Gasteiger partial charge in [0.1, 0.15) is 28.8 Å². The van der Waals surface area contributed by atoms with Gasteiger partial charge in [0.15, 0.2) is 0 Å². The van der Waals surface area contributed by atoms with Gasteiger partial charge in [-0.2, -0.15) is 13.2 Å². The predicted octanol–water partition coefficient (Wildman–Crippen LogP) is 5.64. The second kappa shape index (κ2) is 8.18. The van der Waals surface area contributed by atoms with E-state index in [9.17, 15) is 28.1 Å². The summed E-state index contributed by atoms with van der Waals surface area (Å²) in [7, 11) is 0. The maximum Gasteiger partial charge on any atom is 0.416 e. The van der Waals surface area contributed by atoms with Crippen molar-refractivity contribution in [1.29, 1.82) is 0 Å². The first kappa shape index (κ1) is 21.7. The topological polar surface area (TPSA) is 94.6 Å². The van der Waals surface area contributed by atoms with E-state index >= 15 is 0 Å². The van der Waals surface area contributed by atoms with Crippen LogP contribution in [0.3, 0.4) is 0 Å². The number of fused-ring (bicyclic) bond motifs is 3. The number of hydrogen-bond donors (Lipinski definition) is 1. The van der Waals surface area contributed by atoms with Crippen molar-refractivity contribution in [2.45, 2.75) is 44.8 Å². The molecule has 1 aliphatic carbocycles. The number of nitrogens with zero attached hydrogens (tertiary/aromatic N) is 1. The third kappa shape index (κ3) is 4.25. The van der Waals surface area contributed by atoms with Gasteiger partial charge in [0, 0.05) is 23.4 Å². The number of aryl methyl sites for hydroxylation is 2. The van der Waals surface area contributed by atoms with Crippen LogP contribution in [0.1, 0.15) is 36.7 Å². The Kier molecular flexibility index (Phi) is 5.53. The monoisotopic (exact) mass is 448 g/mol. The highest BCUT2D eigenvalue weighted by Crippen LogP contribution is 2.36. The SMILES string of the molecule is CC(Nc1ccc(C(F)(F)F)cc1[N+](=O)[O-])C(=O)Oc1ccc2oc3c(c2c1)CCCC3. The van der Waals surface area contributed by atoms with E-state index in [1.54, 1.807) is 18.2 Å². The lowest BCUT2D eigenvalue weighted by molar-refractivity contribution is -0.384. The van der Waals surface area contributed by atoms with Crippen molar-refractivity contribution >= 4 is 28.3 Å². The number of furan rings is 1. The average Bonchev–Trinajstić information content (AvgIpc) is 3.11. The molecule has 0 amide bonds. The lowest BCUT2D eigenvalue weighted by Crippen LogP contribution is -2.30. The molecule has 1 aromatic heterocycles. The fourth-order valence-electron chi connectivity index (χ4n) is 3.78. The lowest BCUT2D eigenvalue weighted by Gasteiger charge is -2.15. The molecule has 0 saturated carbocycles. The quantitative estimate of drug-likeness (QED) is 0.235. The van der Waals surface area contributed by atoms with Crippen molar-refractivity contribution in [3.05, 3.63) is 63.4 Å². The van der Waals surface area contributed by atoms with Gasteiger partial charge >= 0.3 is 12.1 Å². The van der Waals surface area contributed by atoms with Crippen molar-refractivity contribution in [3.8, 4) is 5.75 Å². The Morgan fingerprint density at radius 1 is 1.19 bits per heavy atom. The highest BCUT2D eigenvalue weighted by atomic mass is 19.4. The number of carbonyl (C=O) groups excluding carboxylic acids is 1. The molecule has 7 nitrogen and oxygen atoms in total. The normalized spacial score (nSPS) is 14.6. The number of nitro groups is 1. The Hall–Kier alpha value is -3.56. The van der Waals surface area contributed by atoms with Crippen LogP contribution in [0.5, 0.6) is 5.75 Å². The summed E-state index contributed by atoms with van der Waals surface area (Å²) in [5.41, 5.74) is -0.335. The summed E-state index contributed by atoms with van der Waals surface area (Å²) in [5, 5.41) is 14.7. The number of nitrogens with one attached hydrogen (secondary N) is 1. The number of carbonyl (C=O) groups is 1. The molecule has 168 valence electrons. The maximum absolute atomic E-state index is 12.9. The fourth-order valence-corrected chi connectivity index (χ4v) is 3.78. The Morgan fingerprint density at radius 2 is 1.94 bits per heavy atom. The molecule has 1 unspecified atom stereocenters. The Bertz CT molecular complexity index is 1200. The van der Waals surface area contributed by atoms with Crippen LogP contribution in [0.2, 0.25) is 0 Å². The van der Waals surface area contributed by atoms with E-state index in [1.165, 1.54) is 6.92 Å². The summed E-state index contributed by atoms with van der Waals surface area (Å²) >= 11 is 0. The molecule has 0 radical (unpaired) electrons. The van der Waals surface area contributed by atoms with Crippen molar-refractivity contribution < 1.29 is 32.0 Å². The number of benzene rings is 2. The van der Waals surface area contributed by atoms with E-state index in [2.05, 4.69) is 5.32 Å². The first-order valence-electron chi connectivity index (χ1n) is 10.0. The highest BCUT2D eigenvalue weighted by Gasteiger charge is 2.33. The minimum absolute atomic E-state index is 0.216. The number of anilines is 1. The Labute approximate surface area is 180 Å². The second-order valence-electron chi connectivity index (χ2n) is 7.64. The molecule has 32 heavy (non-hydrogen) atoms. The number of hydrogen-bond acceptors (Lipinski definition) is 6. The van der Waals surface area contributed by atoms with E-state index < -0.39 is 34.4 Å². The maximum atomic E-state index is 12.9. The van der Waals surface area contributed by atoms with Crippen LogP contribution in [0.15, 0.2) is 40.8 Å². The van der Waals surface area contributed by atoms with E-state index in [0.29, 0.717) is 17.7 Å². The Balaban J connectivity index is 1.51. The first-order chi connectivity index (χ1) is 15.1. The Morgan fingerprint density at radius 3 is 2.66 bits per heavy atom. The number of halogens is 3. The minimum atomic E-state index is -4.72. The van der Waals surface area contributed by atoms with Crippen LogP contribution in [0, 0.1) is 10.1 Å². The van der Waals surface area contributed by atoms with Crippen LogP contribution in [-0.4, -0.2) is 16.9 Å². The average molecular weight is 448 g/mol. The molecule has 0 fully saturated rings. The van der Waals surface area contributed by atoms with Gasteiger partial charge in [-0.3, -0.25) is 10.1 Å². The van der Waals surface area contributed by atoms with Gasteiger partial charge in [-0.25, -0.2) is 4.79 Å². The van der Waals surface area contributed by atoms with Gasteiger partial charge in [0.2, 0.25) is 0 Å². The third-order valence-electron chi connectivity index (χ3n) is 5.39. The van der Waals surface area contributed by atoms with E-state index in [0.717, 1.165) is 48.5 Å². The summed E-state index contributed by atoms with van der Waals surface area (Å²) in [5.74, 6) is 0.488. The predicted molar refractivity (Wildman–Crippen MR) is 110 cm³/mol. The minimum Gasteiger partial charge on any atom is -0.461 e. The van der Waals surface area contributed by atoms with E-state index in [1.807, 2.05) is 0 Å². The largest absolute Gasteiger partial charge is 0.461 e. The van der Waals surface area contributed by atoms with Crippen LogP contribution < -0.4 is 10.1 Å². The molecule has 1 aliphatic rings. The van der Waals surface area contributed by atoms with E-state index in [-0.39, 0.29) is 11.4 Å². The summed E-state index contributed by atoms with van der Waals surface area (Å²) in [6.07, 6.45) is -0.855. The summed E-state index contributed by atoms with van der Waals surface area (Å²) in [6.45, 7) is 1.40. The van der Waals surface area contributed by atoms with Gasteiger partial charge in [-0.1, -0.05) is 0 Å². The molecule has 4 rings (SSSR count). The molecular weight excluding hydrogens is 429 g/mol. The highest BCUT2D eigenvalue weighted by molar-refractivity contribution is 5.86. The van der Waals surface area contributed by atoms with Crippen molar-refractivity contribution in [3.63, 3.8) is 0 Å². The molecule has 0 aliphatic heterocycles. The van der Waals surface area contributed by atoms with Gasteiger partial charge in [0.25, 0.3) is 5.69 Å². The molecule has 0 bridgehead atoms. The molecule has 0 saturated heterocycles. The molecule has 1 N–H and O–H groups in total. The smallest absolute Gasteiger partial charge is 0.416 e. The molecule has 1 heterocycles. The molecule has 3 aromatic rings. The molecule has 1 atom stereocenters. The summed E-state index contributed by atoms with van der Waals surface area (Å²) < 4.78 is 49.8. The van der Waals surface area contributed by atoms with Crippen LogP contribution in [0.25, 0.3) is 11.0 Å². The molecule has 0 spiro atoms. The molecule has 2 aromatic carbocycles. The zero-order chi connectivity index (χ0) is 23.0. The standard InChI is InChI=1S/C22H19F3N2O5/c1-12(26-17-8-6-13(22(23,24)25)10-18(17)27(29)30)21(28)31-14-7-9-20-16(11-14)15-4-2-3-5-19(15)32-20/h6-12,26H,2-5H2,1H3. The lowest BCUT2D eigenvalue weighted by atomic mass is 9.96. The van der Waals surface area contributed by atoms with Crippen molar-refractivity contribution in [2.75, 3.05) is 5.32 Å². The van der Waals surface area contributed by atoms with Gasteiger partial charge in [-0.05, 0) is 56.5 Å². The number of alkyl halides is 3. The third-order valence-corrected chi connectivity index (χ3v) is 5.39. The van der Waals surface area contributed by atoms with Gasteiger partial charge in [-0.15, -0.1) is 0 Å². The molecule has 10 heteroatoms. The summed E-state index contributed by atoms with van der Waals surface area (Å²) in [6, 6.07) is 6.03. The second-order valence-corrected chi connectivity index (χ2v) is 7.64. The fraction of sp³-hybridized carbons (Fsp3) is 0.318. The zero-order valence-electron chi connectivity index (χ0n) is 17.0. The van der Waals surface area contributed by atoms with Crippen LogP contribution >= 0.6 is 0 Å². The van der Waals surface area contributed by atoms with Crippen molar-refractivity contribution in [2.24, 2.45) is 0 Å². The number of esters is 1. The number of ether oxygens (including phenoxy) is 1. The van der Waals surface area contributed by atoms with Crippen molar-refractivity contribution in [1.82, 2.24) is 0 Å². The summed E-state index contributed by atoms with van der Waals surface area (Å²) in [4.78, 5) is 22.8. The zero-order valence-corrected chi connectivity index (χ0v) is 17.0.